The van der Waals surface area contributed by atoms with E-state index in [0.29, 0.717) is 0 Å². The molecule has 5 aliphatic rings. The Labute approximate surface area is 431 Å². The Balaban J connectivity index is 1.48. The van der Waals surface area contributed by atoms with Gasteiger partial charge in [-0.3, -0.25) is 14.4 Å². The zero-order valence-corrected chi connectivity index (χ0v) is 41.0. The molecule has 442 valence electrons. The van der Waals surface area contributed by atoms with E-state index in [9.17, 15) is 106 Å². The van der Waals surface area contributed by atoms with Gasteiger partial charge in [0.2, 0.25) is 17.7 Å². The molecule has 34 nitrogen and oxygen atoms in total. The van der Waals surface area contributed by atoms with E-state index in [-0.39, 0.29) is 0 Å². The van der Waals surface area contributed by atoms with Crippen molar-refractivity contribution in [3.05, 3.63) is 0 Å². The molecule has 5 aliphatic heterocycles. The Morgan fingerprint density at radius 3 is 1.29 bits per heavy atom. The van der Waals surface area contributed by atoms with Gasteiger partial charge < -0.3 is 155 Å². The molecule has 3 amide bonds. The van der Waals surface area contributed by atoms with Crippen LogP contribution in [-0.2, 0) is 61.8 Å². The fourth-order valence-electron chi connectivity index (χ4n) is 9.22. The molecule has 0 radical (unpaired) electrons. The van der Waals surface area contributed by atoms with Gasteiger partial charge in [-0.1, -0.05) is 0 Å². The Bertz CT molecular complexity index is 1820. The SMILES string of the molecule is CC(=O)N[C@H]1[C@H](OC[C@H]2OC(O[C@@H]([C@@H](O)[C@H](O)CO)[C@H](CO)NC(C)=O)[C@H](O)[C@@H](O[C@@H]3O[C@H](CO)[C@@H](O[C@@H]4O[C@H](CO)[C@H](O)[C@H](O)[C@H]4O)[C@H](O)[C@H]3NC(C)=O)[C@H]2O)O[C@H](CO)[C@@H](O[C@@H]2O[C@H](CO)[C@H](O)[C@H](O)[C@H]2O)[C@@H]1O. The molecule has 0 saturated carbocycles. The number of ether oxygens (including phenoxy) is 10. The summed E-state index contributed by atoms with van der Waals surface area (Å²) in [5.74, 6) is -2.53. The minimum Gasteiger partial charge on any atom is -0.394 e. The number of rotatable bonds is 23. The summed E-state index contributed by atoms with van der Waals surface area (Å²) in [6, 6.07) is -5.18. The van der Waals surface area contributed by atoms with Crippen molar-refractivity contribution in [2.45, 2.75) is 199 Å². The molecular weight excluding hydrogens is 1040 g/mol. The minimum atomic E-state index is -2.34. The van der Waals surface area contributed by atoms with Crippen LogP contribution in [0.4, 0.5) is 0 Å². The highest BCUT2D eigenvalue weighted by Gasteiger charge is 2.57. The average molecular weight is 1120 g/mol. The van der Waals surface area contributed by atoms with E-state index in [2.05, 4.69) is 16.0 Å². The fraction of sp³-hybridized carbons (Fsp3) is 0.929. The molecule has 0 aromatic heterocycles. The second-order valence-electron chi connectivity index (χ2n) is 18.8. The van der Waals surface area contributed by atoms with Gasteiger partial charge in [0.25, 0.3) is 0 Å². The fourth-order valence-corrected chi connectivity index (χ4v) is 9.22. The highest BCUT2D eigenvalue weighted by Crippen LogP contribution is 2.35. The van der Waals surface area contributed by atoms with Crippen LogP contribution in [-0.4, -0.2) is 334 Å². The number of hydrogen-bond acceptors (Lipinski definition) is 31. The maximum Gasteiger partial charge on any atom is 0.217 e. The molecule has 5 rings (SSSR count). The lowest BCUT2D eigenvalue weighted by molar-refractivity contribution is -0.376. The van der Waals surface area contributed by atoms with Crippen LogP contribution >= 0.6 is 0 Å². The Hall–Kier alpha value is -2.71. The molecule has 34 heteroatoms. The van der Waals surface area contributed by atoms with Gasteiger partial charge in [-0.2, -0.15) is 0 Å². The highest BCUT2D eigenvalue weighted by atomic mass is 16.8. The predicted octanol–water partition coefficient (Wildman–Crippen LogP) is -14.0. The van der Waals surface area contributed by atoms with Crippen LogP contribution in [0, 0.1) is 0 Å². The lowest BCUT2D eigenvalue weighted by Crippen LogP contribution is -2.70. The first-order chi connectivity index (χ1) is 35.9. The lowest BCUT2D eigenvalue weighted by Gasteiger charge is -2.50. The number of aliphatic hydroxyl groups excluding tert-OH is 18. The number of aliphatic hydroxyl groups is 18. The first-order valence-corrected chi connectivity index (χ1v) is 24.0. The Kier molecular flexibility index (Phi) is 24.1. The molecule has 29 atom stereocenters. The monoisotopic (exact) mass is 1120 g/mol. The van der Waals surface area contributed by atoms with Crippen LogP contribution < -0.4 is 16.0 Å². The molecule has 0 aromatic carbocycles. The molecule has 76 heavy (non-hydrogen) atoms. The molecule has 21 N–H and O–H groups in total. The molecule has 1 unspecified atom stereocenters. The molecule has 0 spiro atoms. The Morgan fingerprint density at radius 1 is 0.447 bits per heavy atom. The molecule has 0 aromatic rings. The number of hydrogen-bond donors (Lipinski definition) is 21. The van der Waals surface area contributed by atoms with Gasteiger partial charge >= 0.3 is 0 Å². The molecule has 5 saturated heterocycles. The van der Waals surface area contributed by atoms with Gasteiger partial charge in [-0.15, -0.1) is 0 Å². The second kappa shape index (κ2) is 28.6. The summed E-state index contributed by atoms with van der Waals surface area (Å²) < 4.78 is 57.8. The smallest absolute Gasteiger partial charge is 0.217 e. The van der Waals surface area contributed by atoms with Crippen molar-refractivity contribution in [2.75, 3.05) is 46.2 Å². The van der Waals surface area contributed by atoms with Crippen molar-refractivity contribution in [2.24, 2.45) is 0 Å². The second-order valence-corrected chi connectivity index (χ2v) is 18.8. The average Bonchev–Trinajstić information content (AvgIpc) is 3.39. The summed E-state index contributed by atoms with van der Waals surface area (Å²) in [6.07, 6.45) is -50.4. The van der Waals surface area contributed by atoms with Crippen LogP contribution in [0.25, 0.3) is 0 Å². The van der Waals surface area contributed by atoms with E-state index in [1.165, 1.54) is 0 Å². The van der Waals surface area contributed by atoms with E-state index < -0.39 is 242 Å². The molecule has 0 bridgehead atoms. The third-order valence-electron chi connectivity index (χ3n) is 13.3. The lowest BCUT2D eigenvalue weighted by atomic mass is 9.94. The maximum atomic E-state index is 12.6. The minimum absolute atomic E-state index is 0.818. The standard InChI is InChI=1S/C42H73N3O31/c1-11(52)43-14(4-46)34(23(56)15(55)5-47)73-42-33(66)37(76-39-22(45-13(3)54)28(61)36(19(9-51)71-39)75-41-32(65)30(63)25(58)17(7-49)69-41)26(59)20(72-42)10-67-38-21(44-12(2)53)27(60)35(18(8-50)70-38)74-40-31(64)29(62)24(57)16(6-48)68-40/h14-42,46-51,55-66H,4-10H2,1-3H3,(H,43,52)(H,44,53)(H,45,54)/t14-,15+,16+,17+,18+,19+,20+,21+,22+,23-,24-,25-,26-,27+,28+,29-,30-,31+,32+,33+,34+,35+,36+,37-,38+,39-,40-,41-,42?/m0/s1. The summed E-state index contributed by atoms with van der Waals surface area (Å²) in [7, 11) is 0. The van der Waals surface area contributed by atoms with Crippen molar-refractivity contribution < 1.29 is 154 Å². The molecular formula is C42H73N3O31. The van der Waals surface area contributed by atoms with Gasteiger partial charge in [0.1, 0.15) is 140 Å². The Morgan fingerprint density at radius 2 is 0.868 bits per heavy atom. The van der Waals surface area contributed by atoms with E-state index in [0.717, 1.165) is 20.8 Å². The van der Waals surface area contributed by atoms with E-state index in [1.807, 2.05) is 0 Å². The zero-order valence-electron chi connectivity index (χ0n) is 41.0. The summed E-state index contributed by atoms with van der Waals surface area (Å²) in [5.41, 5.74) is 0. The van der Waals surface area contributed by atoms with Crippen LogP contribution in [0.5, 0.6) is 0 Å². The summed E-state index contributed by atoms with van der Waals surface area (Å²) in [5, 5.41) is 199. The first-order valence-electron chi connectivity index (χ1n) is 24.0. The van der Waals surface area contributed by atoms with Crippen molar-refractivity contribution >= 4 is 17.7 Å². The summed E-state index contributed by atoms with van der Waals surface area (Å²) >= 11 is 0. The van der Waals surface area contributed by atoms with Crippen molar-refractivity contribution in [1.82, 2.24) is 16.0 Å². The normalized spacial score (nSPS) is 43.8. The van der Waals surface area contributed by atoms with Crippen molar-refractivity contribution in [3.63, 3.8) is 0 Å². The van der Waals surface area contributed by atoms with Crippen molar-refractivity contribution in [3.8, 4) is 0 Å². The number of nitrogens with one attached hydrogen (secondary N) is 3. The van der Waals surface area contributed by atoms with Crippen LogP contribution in [0.15, 0.2) is 0 Å². The van der Waals surface area contributed by atoms with E-state index in [4.69, 9.17) is 47.4 Å². The van der Waals surface area contributed by atoms with E-state index >= 15 is 0 Å². The van der Waals surface area contributed by atoms with E-state index in [1.54, 1.807) is 0 Å². The summed E-state index contributed by atoms with van der Waals surface area (Å²) in [4.78, 5) is 37.4. The number of carbonyl (C=O) groups excluding carboxylic acids is 3. The quantitative estimate of drug-likeness (QED) is 0.0452. The third-order valence-corrected chi connectivity index (χ3v) is 13.3. The zero-order chi connectivity index (χ0) is 56.6. The topological polar surface area (TPSA) is 544 Å². The van der Waals surface area contributed by atoms with Crippen LogP contribution in [0.1, 0.15) is 20.8 Å². The third kappa shape index (κ3) is 14.8. The van der Waals surface area contributed by atoms with Gasteiger partial charge in [0, 0.05) is 20.8 Å². The predicted molar refractivity (Wildman–Crippen MR) is 236 cm³/mol. The highest BCUT2D eigenvalue weighted by molar-refractivity contribution is 5.74. The molecule has 5 heterocycles. The maximum absolute atomic E-state index is 12.6. The van der Waals surface area contributed by atoms with Gasteiger partial charge in [0.15, 0.2) is 31.5 Å². The van der Waals surface area contributed by atoms with Gasteiger partial charge in [-0.05, 0) is 0 Å². The van der Waals surface area contributed by atoms with Crippen LogP contribution in [0.3, 0.4) is 0 Å². The first kappa shape index (κ1) is 64.1. The molecule has 0 aliphatic carbocycles. The van der Waals surface area contributed by atoms with Gasteiger partial charge in [0.05, 0.1) is 52.3 Å². The van der Waals surface area contributed by atoms with Crippen LogP contribution in [0.2, 0.25) is 0 Å². The summed E-state index contributed by atoms with van der Waals surface area (Å²) in [6.45, 7) is -3.95. The molecule has 5 fully saturated rings. The van der Waals surface area contributed by atoms with Gasteiger partial charge in [-0.25, -0.2) is 0 Å². The number of carbonyl (C=O) groups is 3. The number of amides is 3. The van der Waals surface area contributed by atoms with Crippen molar-refractivity contribution in [1.29, 1.82) is 0 Å². The largest absolute Gasteiger partial charge is 0.394 e.